The van der Waals surface area contributed by atoms with Gasteiger partial charge >= 0.3 is 0 Å². The van der Waals surface area contributed by atoms with Crippen molar-refractivity contribution in [3.05, 3.63) is 47.5 Å². The van der Waals surface area contributed by atoms with Gasteiger partial charge in [0.2, 0.25) is 0 Å². The Balaban J connectivity index is 2.15. The third kappa shape index (κ3) is 2.53. The van der Waals surface area contributed by atoms with Crippen molar-refractivity contribution in [3.63, 3.8) is 0 Å². The number of nitrogens with zero attached hydrogens (tertiary/aromatic N) is 4. The van der Waals surface area contributed by atoms with Gasteiger partial charge in [0.05, 0.1) is 12.8 Å². The number of rotatable bonds is 3. The Labute approximate surface area is 126 Å². The molecule has 2 aromatic carbocycles. The molecular formula is C14H12ClN5O. The Morgan fingerprint density at radius 3 is 2.81 bits per heavy atom. The first-order valence-electron chi connectivity index (χ1n) is 6.17. The third-order valence-corrected chi connectivity index (χ3v) is 3.26. The molecule has 6 nitrogen and oxygen atoms in total. The number of methoxy groups -OCH3 is 1. The lowest BCUT2D eigenvalue weighted by atomic mass is 10.1. The number of halogens is 1. The van der Waals surface area contributed by atoms with Gasteiger partial charge in [0.1, 0.15) is 5.75 Å². The van der Waals surface area contributed by atoms with Crippen LogP contribution in [0, 0.1) is 0 Å². The molecule has 3 rings (SSSR count). The van der Waals surface area contributed by atoms with E-state index in [0.717, 1.165) is 5.69 Å². The second-order valence-electron chi connectivity index (χ2n) is 4.35. The summed E-state index contributed by atoms with van der Waals surface area (Å²) in [5.74, 6) is 1.20. The Morgan fingerprint density at radius 1 is 1.19 bits per heavy atom. The number of aromatic nitrogens is 4. The van der Waals surface area contributed by atoms with Crippen molar-refractivity contribution in [2.45, 2.75) is 0 Å². The second kappa shape index (κ2) is 5.41. The van der Waals surface area contributed by atoms with E-state index in [0.29, 0.717) is 27.8 Å². The maximum atomic E-state index is 6.02. The summed E-state index contributed by atoms with van der Waals surface area (Å²) >= 11 is 6.01. The smallest absolute Gasteiger partial charge is 0.189 e. The number of tetrazole rings is 1. The van der Waals surface area contributed by atoms with E-state index in [9.17, 15) is 0 Å². The minimum atomic E-state index is 0.522. The zero-order valence-electron chi connectivity index (χ0n) is 11.2. The molecule has 106 valence electrons. The highest BCUT2D eigenvalue weighted by molar-refractivity contribution is 6.30. The predicted octanol–water partition coefficient (Wildman–Crippen LogP) is 2.57. The summed E-state index contributed by atoms with van der Waals surface area (Å²) < 4.78 is 6.80. The number of nitrogen functional groups attached to an aromatic ring is 1. The molecule has 21 heavy (non-hydrogen) atoms. The third-order valence-electron chi connectivity index (χ3n) is 3.02. The molecule has 0 radical (unpaired) electrons. The Kier molecular flexibility index (Phi) is 3.45. The van der Waals surface area contributed by atoms with Gasteiger partial charge in [0.15, 0.2) is 5.82 Å². The predicted molar refractivity (Wildman–Crippen MR) is 80.6 cm³/mol. The fraction of sp³-hybridized carbons (Fsp3) is 0.0714. The Morgan fingerprint density at radius 2 is 2.05 bits per heavy atom. The number of nitrogens with two attached hydrogens (primary N) is 1. The summed E-state index contributed by atoms with van der Waals surface area (Å²) in [4.78, 5) is 0. The average molecular weight is 302 g/mol. The number of anilines is 1. The summed E-state index contributed by atoms with van der Waals surface area (Å²) in [6, 6.07) is 12.6. The molecule has 0 bridgehead atoms. The Bertz CT molecular complexity index is 787. The molecule has 0 atom stereocenters. The van der Waals surface area contributed by atoms with E-state index >= 15 is 0 Å². The number of benzene rings is 2. The van der Waals surface area contributed by atoms with Gasteiger partial charge in [-0.2, -0.15) is 4.68 Å². The number of hydrogen-bond acceptors (Lipinski definition) is 5. The van der Waals surface area contributed by atoms with Crippen molar-refractivity contribution >= 4 is 17.3 Å². The minimum absolute atomic E-state index is 0.522. The first kappa shape index (κ1) is 13.4. The van der Waals surface area contributed by atoms with Gasteiger partial charge in [-0.3, -0.25) is 0 Å². The van der Waals surface area contributed by atoms with Crippen LogP contribution in [-0.4, -0.2) is 27.3 Å². The van der Waals surface area contributed by atoms with Crippen LogP contribution in [0.25, 0.3) is 17.1 Å². The molecule has 2 N–H and O–H groups in total. The van der Waals surface area contributed by atoms with Gasteiger partial charge in [0.25, 0.3) is 0 Å². The van der Waals surface area contributed by atoms with Crippen molar-refractivity contribution in [1.29, 1.82) is 0 Å². The van der Waals surface area contributed by atoms with E-state index in [1.807, 2.05) is 12.1 Å². The normalized spacial score (nSPS) is 10.6. The van der Waals surface area contributed by atoms with Gasteiger partial charge in [-0.15, -0.1) is 5.10 Å². The van der Waals surface area contributed by atoms with Gasteiger partial charge in [-0.25, -0.2) is 0 Å². The molecule has 3 aromatic rings. The lowest BCUT2D eigenvalue weighted by molar-refractivity contribution is 0.415. The monoisotopic (exact) mass is 301 g/mol. The van der Waals surface area contributed by atoms with Crippen molar-refractivity contribution in [1.82, 2.24) is 20.2 Å². The summed E-state index contributed by atoms with van der Waals surface area (Å²) in [5, 5.41) is 12.4. The highest BCUT2D eigenvalue weighted by Crippen LogP contribution is 2.29. The zero-order chi connectivity index (χ0) is 14.8. The maximum absolute atomic E-state index is 6.02. The Hall–Kier alpha value is -2.60. The molecule has 0 saturated carbocycles. The summed E-state index contributed by atoms with van der Waals surface area (Å²) in [6.07, 6.45) is 0. The number of hydrogen-bond donors (Lipinski definition) is 1. The van der Waals surface area contributed by atoms with Crippen molar-refractivity contribution in [3.8, 4) is 22.8 Å². The van der Waals surface area contributed by atoms with Gasteiger partial charge in [-0.1, -0.05) is 17.7 Å². The topological polar surface area (TPSA) is 78.8 Å². The SMILES string of the molecule is COc1ccc(N)c(-c2nnnn2-c2cccc(Cl)c2)c1. The lowest BCUT2D eigenvalue weighted by Gasteiger charge is -2.09. The van der Waals surface area contributed by atoms with Crippen LogP contribution in [0.1, 0.15) is 0 Å². The standard InChI is InChI=1S/C14H12ClN5O/c1-21-11-5-6-13(16)12(8-11)14-17-18-19-20(14)10-4-2-3-9(15)7-10/h2-8H,16H2,1H3. The highest BCUT2D eigenvalue weighted by atomic mass is 35.5. The van der Waals surface area contributed by atoms with Crippen LogP contribution < -0.4 is 10.5 Å². The van der Waals surface area contributed by atoms with Crippen molar-refractivity contribution < 1.29 is 4.74 Å². The van der Waals surface area contributed by atoms with E-state index in [2.05, 4.69) is 15.5 Å². The minimum Gasteiger partial charge on any atom is -0.497 e. The zero-order valence-corrected chi connectivity index (χ0v) is 11.9. The molecule has 0 fully saturated rings. The first-order valence-corrected chi connectivity index (χ1v) is 6.55. The van der Waals surface area contributed by atoms with E-state index in [1.165, 1.54) is 0 Å². The molecule has 0 amide bonds. The molecule has 0 unspecified atom stereocenters. The molecular weight excluding hydrogens is 290 g/mol. The molecule has 7 heteroatoms. The lowest BCUT2D eigenvalue weighted by Crippen LogP contribution is -2.02. The van der Waals surface area contributed by atoms with E-state index in [-0.39, 0.29) is 0 Å². The van der Waals surface area contributed by atoms with Gasteiger partial charge < -0.3 is 10.5 Å². The van der Waals surface area contributed by atoms with Crippen LogP contribution in [0.5, 0.6) is 5.75 Å². The number of ether oxygens (including phenoxy) is 1. The summed E-state index contributed by atoms with van der Waals surface area (Å²) in [6.45, 7) is 0. The summed E-state index contributed by atoms with van der Waals surface area (Å²) in [7, 11) is 1.59. The van der Waals surface area contributed by atoms with Gasteiger partial charge in [0, 0.05) is 16.3 Å². The molecule has 0 saturated heterocycles. The second-order valence-corrected chi connectivity index (χ2v) is 4.78. The molecule has 0 spiro atoms. The summed E-state index contributed by atoms with van der Waals surface area (Å²) in [5.41, 5.74) is 8.03. The fourth-order valence-electron chi connectivity index (χ4n) is 1.99. The van der Waals surface area contributed by atoms with Crippen molar-refractivity contribution in [2.75, 3.05) is 12.8 Å². The quantitative estimate of drug-likeness (QED) is 0.752. The van der Waals surface area contributed by atoms with Crippen LogP contribution in [0.4, 0.5) is 5.69 Å². The van der Waals surface area contributed by atoms with Crippen LogP contribution >= 0.6 is 11.6 Å². The van der Waals surface area contributed by atoms with Crippen LogP contribution in [-0.2, 0) is 0 Å². The molecule has 0 aliphatic rings. The van der Waals surface area contributed by atoms with E-state index < -0.39 is 0 Å². The largest absolute Gasteiger partial charge is 0.497 e. The fourth-order valence-corrected chi connectivity index (χ4v) is 2.18. The van der Waals surface area contributed by atoms with Crippen LogP contribution in [0.15, 0.2) is 42.5 Å². The first-order chi connectivity index (χ1) is 10.2. The molecule has 1 heterocycles. The van der Waals surface area contributed by atoms with E-state index in [4.69, 9.17) is 22.1 Å². The molecule has 1 aromatic heterocycles. The van der Waals surface area contributed by atoms with E-state index in [1.54, 1.807) is 42.1 Å². The molecule has 0 aliphatic carbocycles. The van der Waals surface area contributed by atoms with Crippen LogP contribution in [0.2, 0.25) is 5.02 Å². The average Bonchev–Trinajstić information content (AvgIpc) is 2.97. The highest BCUT2D eigenvalue weighted by Gasteiger charge is 2.14. The molecule has 0 aliphatic heterocycles. The van der Waals surface area contributed by atoms with Crippen molar-refractivity contribution in [2.24, 2.45) is 0 Å². The van der Waals surface area contributed by atoms with Gasteiger partial charge in [-0.05, 0) is 46.8 Å². The van der Waals surface area contributed by atoms with Crippen LogP contribution in [0.3, 0.4) is 0 Å². The maximum Gasteiger partial charge on any atom is 0.189 e.